The van der Waals surface area contributed by atoms with Gasteiger partial charge in [0, 0.05) is 54.7 Å². The van der Waals surface area contributed by atoms with Crippen molar-refractivity contribution in [2.45, 2.75) is 32.2 Å². The van der Waals surface area contributed by atoms with E-state index in [1.807, 2.05) is 35.3 Å². The quantitative estimate of drug-likeness (QED) is 0.457. The maximum absolute atomic E-state index is 4.79. The number of hydrogen-bond donors (Lipinski definition) is 1. The lowest BCUT2D eigenvalue weighted by Crippen LogP contribution is -2.30. The molecule has 0 amide bonds. The van der Waals surface area contributed by atoms with Crippen LogP contribution in [0.1, 0.15) is 31.2 Å². The fraction of sp³-hybridized carbons (Fsp3) is 0.308. The Morgan fingerprint density at radius 2 is 1.97 bits per heavy atom. The molecule has 1 aromatic carbocycles. The van der Waals surface area contributed by atoms with Crippen LogP contribution in [-0.2, 0) is 6.54 Å². The molecule has 4 aromatic rings. The van der Waals surface area contributed by atoms with Crippen molar-refractivity contribution in [3.05, 3.63) is 72.8 Å². The monoisotopic (exact) mass is 439 g/mol. The largest absolute Gasteiger partial charge is 0.324 e. The number of likely N-dealkylation sites (N-methyl/N-ethyl adjacent to an activating group) is 1. The minimum absolute atomic E-state index is 0.569. The zero-order valence-electron chi connectivity index (χ0n) is 19.1. The Morgan fingerprint density at radius 3 is 2.73 bits per heavy atom. The molecule has 4 heterocycles. The van der Waals surface area contributed by atoms with Crippen molar-refractivity contribution >= 4 is 11.6 Å². The summed E-state index contributed by atoms with van der Waals surface area (Å²) in [5.74, 6) is 1.18. The summed E-state index contributed by atoms with van der Waals surface area (Å²) in [6.07, 6.45) is 9.93. The number of anilines is 2. The van der Waals surface area contributed by atoms with E-state index in [-0.39, 0.29) is 0 Å². The Kier molecular flexibility index (Phi) is 6.13. The van der Waals surface area contributed by atoms with Gasteiger partial charge >= 0.3 is 0 Å². The van der Waals surface area contributed by atoms with Crippen molar-refractivity contribution in [1.29, 1.82) is 0 Å². The standard InChI is InChI=1S/C26H29N7/c1-3-33-18-23(25(31-33)20-6-4-13-27-16-20)24-12-14-28-26(30-24)29-22-10-8-19(9-11-22)21-7-5-15-32(2)17-21/h4,6,8-14,16,18,21H,3,5,7,15,17H2,1-2H3,(H,28,29,30). The Hall–Kier alpha value is -3.58. The van der Waals surface area contributed by atoms with Crippen LogP contribution >= 0.6 is 0 Å². The van der Waals surface area contributed by atoms with Crippen LogP contribution in [0.25, 0.3) is 22.5 Å². The average molecular weight is 440 g/mol. The molecule has 5 rings (SSSR count). The number of piperidine rings is 1. The Balaban J connectivity index is 1.38. The van der Waals surface area contributed by atoms with Crippen molar-refractivity contribution < 1.29 is 0 Å². The Bertz CT molecular complexity index is 1200. The molecule has 1 unspecified atom stereocenters. The molecule has 168 valence electrons. The van der Waals surface area contributed by atoms with Gasteiger partial charge in [0.2, 0.25) is 5.95 Å². The molecule has 33 heavy (non-hydrogen) atoms. The molecule has 1 fully saturated rings. The van der Waals surface area contributed by atoms with Gasteiger partial charge in [-0.25, -0.2) is 9.97 Å². The number of likely N-dealkylation sites (tertiary alicyclic amines) is 1. The molecule has 0 radical (unpaired) electrons. The van der Waals surface area contributed by atoms with Crippen LogP contribution in [0, 0.1) is 0 Å². The summed E-state index contributed by atoms with van der Waals surface area (Å²) in [5, 5.41) is 8.10. The lowest BCUT2D eigenvalue weighted by atomic mass is 9.91. The van der Waals surface area contributed by atoms with Gasteiger partial charge in [0.25, 0.3) is 0 Å². The average Bonchev–Trinajstić information content (AvgIpc) is 3.30. The molecule has 1 N–H and O–H groups in total. The van der Waals surface area contributed by atoms with E-state index >= 15 is 0 Å². The minimum atomic E-state index is 0.569. The first kappa shape index (κ1) is 21.3. The summed E-state index contributed by atoms with van der Waals surface area (Å²) < 4.78 is 1.92. The van der Waals surface area contributed by atoms with Crippen LogP contribution in [0.2, 0.25) is 0 Å². The Labute approximate surface area is 194 Å². The fourth-order valence-corrected chi connectivity index (χ4v) is 4.46. The second-order valence-corrected chi connectivity index (χ2v) is 8.60. The molecular formula is C26H29N7. The summed E-state index contributed by atoms with van der Waals surface area (Å²) in [4.78, 5) is 15.9. The predicted octanol–water partition coefficient (Wildman–Crippen LogP) is 4.97. The first-order chi connectivity index (χ1) is 16.2. The van der Waals surface area contributed by atoms with Gasteiger partial charge in [-0.05, 0) is 75.2 Å². The van der Waals surface area contributed by atoms with E-state index in [1.165, 1.54) is 24.9 Å². The maximum Gasteiger partial charge on any atom is 0.227 e. The molecule has 0 bridgehead atoms. The third-order valence-corrected chi connectivity index (χ3v) is 6.21. The summed E-state index contributed by atoms with van der Waals surface area (Å²) in [5.41, 5.74) is 6.01. The second-order valence-electron chi connectivity index (χ2n) is 8.60. The molecule has 7 nitrogen and oxygen atoms in total. The van der Waals surface area contributed by atoms with Crippen molar-refractivity contribution in [2.24, 2.45) is 0 Å². The lowest BCUT2D eigenvalue weighted by Gasteiger charge is -2.30. The highest BCUT2D eigenvalue weighted by atomic mass is 15.3. The van der Waals surface area contributed by atoms with Gasteiger partial charge in [-0.3, -0.25) is 9.67 Å². The summed E-state index contributed by atoms with van der Waals surface area (Å²) in [6, 6.07) is 14.6. The van der Waals surface area contributed by atoms with Gasteiger partial charge in [-0.1, -0.05) is 12.1 Å². The number of pyridine rings is 1. The summed E-state index contributed by atoms with van der Waals surface area (Å²) >= 11 is 0. The zero-order chi connectivity index (χ0) is 22.6. The van der Waals surface area contributed by atoms with E-state index < -0.39 is 0 Å². The van der Waals surface area contributed by atoms with Crippen molar-refractivity contribution in [3.63, 3.8) is 0 Å². The maximum atomic E-state index is 4.79. The summed E-state index contributed by atoms with van der Waals surface area (Å²) in [7, 11) is 2.20. The topological polar surface area (TPSA) is 71.8 Å². The molecule has 0 aliphatic carbocycles. The third kappa shape index (κ3) is 4.78. The molecule has 1 aliphatic rings. The van der Waals surface area contributed by atoms with Gasteiger partial charge in [0.15, 0.2) is 0 Å². The van der Waals surface area contributed by atoms with E-state index in [0.29, 0.717) is 11.9 Å². The van der Waals surface area contributed by atoms with Gasteiger partial charge in [-0.15, -0.1) is 0 Å². The third-order valence-electron chi connectivity index (χ3n) is 6.21. The van der Waals surface area contributed by atoms with Crippen LogP contribution < -0.4 is 5.32 Å². The molecule has 1 aliphatic heterocycles. The molecule has 0 saturated carbocycles. The van der Waals surface area contributed by atoms with Gasteiger partial charge in [0.1, 0.15) is 5.69 Å². The number of benzene rings is 1. The van der Waals surface area contributed by atoms with E-state index in [1.54, 1.807) is 12.4 Å². The van der Waals surface area contributed by atoms with Crippen molar-refractivity contribution in [3.8, 4) is 22.5 Å². The van der Waals surface area contributed by atoms with Crippen LogP contribution in [-0.4, -0.2) is 49.8 Å². The molecule has 1 saturated heterocycles. The van der Waals surface area contributed by atoms with E-state index in [9.17, 15) is 0 Å². The van der Waals surface area contributed by atoms with Crippen molar-refractivity contribution in [1.82, 2.24) is 29.6 Å². The van der Waals surface area contributed by atoms with Gasteiger partial charge in [0.05, 0.1) is 5.69 Å². The molecule has 7 heteroatoms. The van der Waals surface area contributed by atoms with Crippen LogP contribution in [0.4, 0.5) is 11.6 Å². The second kappa shape index (κ2) is 9.50. The van der Waals surface area contributed by atoms with E-state index in [4.69, 9.17) is 10.1 Å². The van der Waals surface area contributed by atoms with Crippen LogP contribution in [0.15, 0.2) is 67.3 Å². The highest BCUT2D eigenvalue weighted by Gasteiger charge is 2.19. The number of nitrogens with zero attached hydrogens (tertiary/aromatic N) is 6. The first-order valence-corrected chi connectivity index (χ1v) is 11.6. The number of hydrogen-bond acceptors (Lipinski definition) is 6. The van der Waals surface area contributed by atoms with Crippen molar-refractivity contribution in [2.75, 3.05) is 25.5 Å². The number of aromatic nitrogens is 5. The molecule has 3 aromatic heterocycles. The normalized spacial score (nSPS) is 16.6. The fourth-order valence-electron chi connectivity index (χ4n) is 4.46. The lowest BCUT2D eigenvalue weighted by molar-refractivity contribution is 0.251. The highest BCUT2D eigenvalue weighted by Crippen LogP contribution is 2.31. The van der Waals surface area contributed by atoms with Gasteiger partial charge < -0.3 is 10.2 Å². The highest BCUT2D eigenvalue weighted by molar-refractivity contribution is 5.78. The molecule has 0 spiro atoms. The molecule has 1 atom stereocenters. The number of aryl methyl sites for hydroxylation is 1. The SMILES string of the molecule is CCn1cc(-c2ccnc(Nc3ccc(C4CCCN(C)C4)cc3)n2)c(-c2cccnc2)n1. The number of rotatable bonds is 6. The summed E-state index contributed by atoms with van der Waals surface area (Å²) in [6.45, 7) is 5.19. The predicted molar refractivity (Wildman–Crippen MR) is 131 cm³/mol. The smallest absolute Gasteiger partial charge is 0.227 e. The van der Waals surface area contributed by atoms with Crippen LogP contribution in [0.5, 0.6) is 0 Å². The van der Waals surface area contributed by atoms with E-state index in [0.717, 1.165) is 41.3 Å². The number of nitrogens with one attached hydrogen (secondary N) is 1. The first-order valence-electron chi connectivity index (χ1n) is 11.6. The zero-order valence-corrected chi connectivity index (χ0v) is 19.1. The molecular weight excluding hydrogens is 410 g/mol. The van der Waals surface area contributed by atoms with E-state index in [2.05, 4.69) is 58.4 Å². The van der Waals surface area contributed by atoms with Crippen LogP contribution in [0.3, 0.4) is 0 Å². The van der Waals surface area contributed by atoms with Gasteiger partial charge in [-0.2, -0.15) is 5.10 Å². The Morgan fingerprint density at radius 1 is 1.09 bits per heavy atom. The minimum Gasteiger partial charge on any atom is -0.324 e.